The van der Waals surface area contributed by atoms with Crippen molar-refractivity contribution in [1.29, 1.82) is 0 Å². The van der Waals surface area contributed by atoms with Crippen LogP contribution < -0.4 is 11.0 Å². The van der Waals surface area contributed by atoms with Gasteiger partial charge >= 0.3 is 5.69 Å². The summed E-state index contributed by atoms with van der Waals surface area (Å²) in [6, 6.07) is 14.3. The van der Waals surface area contributed by atoms with E-state index in [0.717, 1.165) is 27.1 Å². The lowest BCUT2D eigenvalue weighted by molar-refractivity contribution is -0.119. The summed E-state index contributed by atoms with van der Waals surface area (Å²) in [6.45, 7) is 5.78. The van der Waals surface area contributed by atoms with E-state index >= 15 is 0 Å². The van der Waals surface area contributed by atoms with E-state index in [1.54, 1.807) is 0 Å². The Morgan fingerprint density at radius 1 is 1.11 bits per heavy atom. The molecule has 6 nitrogen and oxygen atoms in total. The van der Waals surface area contributed by atoms with Crippen LogP contribution in [0.4, 0.5) is 5.69 Å². The molecule has 2 aromatic carbocycles. The zero-order valence-electron chi connectivity index (χ0n) is 15.6. The topological polar surface area (TPSA) is 76.9 Å². The molecule has 6 heteroatoms. The highest BCUT2D eigenvalue weighted by Crippen LogP contribution is 2.20. The molecule has 0 radical (unpaired) electrons. The van der Waals surface area contributed by atoms with Gasteiger partial charge in [-0.25, -0.2) is 9.48 Å². The number of anilines is 1. The number of aromatic nitrogens is 3. The summed E-state index contributed by atoms with van der Waals surface area (Å²) in [5.74, 6) is -0.282. The molecule has 1 amide bonds. The third-order valence-electron chi connectivity index (χ3n) is 4.63. The first-order valence-corrected chi connectivity index (χ1v) is 8.89. The predicted octanol–water partition coefficient (Wildman–Crippen LogP) is 3.51. The number of carbonyl (C=O) groups is 1. The summed E-state index contributed by atoms with van der Waals surface area (Å²) in [5.41, 5.74) is 3.58. The van der Waals surface area contributed by atoms with Gasteiger partial charge in [-0.05, 0) is 37.5 Å². The molecule has 0 aliphatic rings. The van der Waals surface area contributed by atoms with Crippen LogP contribution in [0.2, 0.25) is 0 Å². The molecule has 1 atom stereocenters. The molecule has 0 spiro atoms. The van der Waals surface area contributed by atoms with Gasteiger partial charge in [0, 0.05) is 11.3 Å². The minimum Gasteiger partial charge on any atom is -0.324 e. The van der Waals surface area contributed by atoms with Crippen LogP contribution in [0.3, 0.4) is 0 Å². The van der Waals surface area contributed by atoms with Crippen molar-refractivity contribution in [1.82, 2.24) is 14.8 Å². The van der Waals surface area contributed by atoms with E-state index in [1.165, 1.54) is 6.20 Å². The minimum atomic E-state index is -0.727. The Balaban J connectivity index is 1.88. The molecule has 1 aromatic heterocycles. The van der Waals surface area contributed by atoms with Crippen LogP contribution in [0, 0.1) is 13.8 Å². The number of nitrogens with zero attached hydrogens (tertiary/aromatic N) is 3. The fourth-order valence-corrected chi connectivity index (χ4v) is 2.88. The van der Waals surface area contributed by atoms with Crippen molar-refractivity contribution in [3.8, 4) is 11.3 Å². The van der Waals surface area contributed by atoms with E-state index in [0.29, 0.717) is 12.1 Å². The van der Waals surface area contributed by atoms with Gasteiger partial charge in [0.1, 0.15) is 6.04 Å². The van der Waals surface area contributed by atoms with E-state index in [-0.39, 0.29) is 5.91 Å². The lowest BCUT2D eigenvalue weighted by Gasteiger charge is -2.18. The maximum absolute atomic E-state index is 12.8. The minimum absolute atomic E-state index is 0.282. The van der Waals surface area contributed by atoms with Gasteiger partial charge in [0.25, 0.3) is 0 Å². The molecule has 138 valence electrons. The fourth-order valence-electron chi connectivity index (χ4n) is 2.88. The largest absolute Gasteiger partial charge is 0.365 e. The van der Waals surface area contributed by atoms with Gasteiger partial charge in [0.2, 0.25) is 5.91 Å². The molecule has 27 heavy (non-hydrogen) atoms. The number of hydrogen-bond acceptors (Lipinski definition) is 4. The number of carbonyl (C=O) groups excluding carboxylic acids is 1. The molecule has 0 aliphatic carbocycles. The van der Waals surface area contributed by atoms with Crippen molar-refractivity contribution in [2.75, 3.05) is 5.32 Å². The van der Waals surface area contributed by atoms with Crippen LogP contribution in [0.25, 0.3) is 11.3 Å². The summed E-state index contributed by atoms with van der Waals surface area (Å²) in [7, 11) is 0. The molecule has 0 saturated heterocycles. The van der Waals surface area contributed by atoms with Crippen LogP contribution in [-0.2, 0) is 4.79 Å². The number of aryl methyl sites for hydroxylation is 1. The Labute approximate surface area is 157 Å². The molecule has 1 N–H and O–H groups in total. The predicted molar refractivity (Wildman–Crippen MR) is 106 cm³/mol. The van der Waals surface area contributed by atoms with E-state index in [1.807, 2.05) is 69.3 Å². The van der Waals surface area contributed by atoms with Crippen LogP contribution >= 0.6 is 0 Å². The maximum atomic E-state index is 12.8. The summed E-state index contributed by atoms with van der Waals surface area (Å²) in [4.78, 5) is 29.4. The second kappa shape index (κ2) is 7.95. The Morgan fingerprint density at radius 3 is 2.52 bits per heavy atom. The van der Waals surface area contributed by atoms with E-state index < -0.39 is 11.7 Å². The Hall–Kier alpha value is -3.28. The summed E-state index contributed by atoms with van der Waals surface area (Å²) >= 11 is 0. The van der Waals surface area contributed by atoms with Gasteiger partial charge in [-0.2, -0.15) is 10.1 Å². The Morgan fingerprint density at radius 2 is 1.85 bits per heavy atom. The molecule has 3 aromatic rings. The quantitative estimate of drug-likeness (QED) is 0.753. The highest BCUT2D eigenvalue weighted by atomic mass is 16.2. The molecule has 0 saturated carbocycles. The molecular formula is C21H22N4O2. The van der Waals surface area contributed by atoms with Crippen molar-refractivity contribution in [2.24, 2.45) is 0 Å². The van der Waals surface area contributed by atoms with Gasteiger partial charge in [-0.3, -0.25) is 4.79 Å². The van der Waals surface area contributed by atoms with Gasteiger partial charge in [-0.15, -0.1) is 0 Å². The number of amides is 1. The Bertz CT molecular complexity index is 1010. The molecular weight excluding hydrogens is 340 g/mol. The average molecular weight is 362 g/mol. The summed E-state index contributed by atoms with van der Waals surface area (Å²) in [6.07, 6.45) is 1.94. The van der Waals surface area contributed by atoms with Gasteiger partial charge in [-0.1, -0.05) is 49.4 Å². The first-order chi connectivity index (χ1) is 13.0. The highest BCUT2D eigenvalue weighted by Gasteiger charge is 2.22. The second-order valence-corrected chi connectivity index (χ2v) is 6.40. The Kier molecular flexibility index (Phi) is 5.45. The number of benzene rings is 2. The van der Waals surface area contributed by atoms with Crippen molar-refractivity contribution >= 4 is 11.6 Å². The SMILES string of the molecule is CCC(C(=O)Nc1cccc(C)c1C)n1ncc(-c2ccccc2)nc1=O. The lowest BCUT2D eigenvalue weighted by atomic mass is 10.1. The zero-order valence-corrected chi connectivity index (χ0v) is 15.6. The van der Waals surface area contributed by atoms with Crippen molar-refractivity contribution in [3.63, 3.8) is 0 Å². The fraction of sp³-hybridized carbons (Fsp3) is 0.238. The van der Waals surface area contributed by atoms with E-state index in [4.69, 9.17) is 0 Å². The molecule has 3 rings (SSSR count). The molecule has 0 aliphatic heterocycles. The first-order valence-electron chi connectivity index (χ1n) is 8.89. The van der Waals surface area contributed by atoms with Crippen LogP contribution in [0.5, 0.6) is 0 Å². The second-order valence-electron chi connectivity index (χ2n) is 6.40. The third kappa shape index (κ3) is 3.95. The van der Waals surface area contributed by atoms with Crippen LogP contribution in [0.1, 0.15) is 30.5 Å². The summed E-state index contributed by atoms with van der Waals surface area (Å²) in [5, 5.41) is 7.12. The number of hydrogen-bond donors (Lipinski definition) is 1. The highest BCUT2D eigenvalue weighted by molar-refractivity contribution is 5.94. The van der Waals surface area contributed by atoms with Gasteiger partial charge in [0.05, 0.1) is 11.9 Å². The van der Waals surface area contributed by atoms with E-state index in [2.05, 4.69) is 15.4 Å². The molecule has 0 fully saturated rings. The van der Waals surface area contributed by atoms with Crippen molar-refractivity contribution in [3.05, 3.63) is 76.3 Å². The first kappa shape index (κ1) is 18.5. The molecule has 1 unspecified atom stereocenters. The summed E-state index contributed by atoms with van der Waals surface area (Å²) < 4.78 is 1.15. The van der Waals surface area contributed by atoms with Gasteiger partial charge in [0.15, 0.2) is 0 Å². The average Bonchev–Trinajstić information content (AvgIpc) is 2.68. The van der Waals surface area contributed by atoms with Crippen molar-refractivity contribution in [2.45, 2.75) is 33.2 Å². The molecule has 0 bridgehead atoms. The third-order valence-corrected chi connectivity index (χ3v) is 4.63. The van der Waals surface area contributed by atoms with Crippen molar-refractivity contribution < 1.29 is 4.79 Å². The number of nitrogens with one attached hydrogen (secondary N) is 1. The monoisotopic (exact) mass is 362 g/mol. The zero-order chi connectivity index (χ0) is 19.4. The van der Waals surface area contributed by atoms with Gasteiger partial charge < -0.3 is 5.32 Å². The number of rotatable bonds is 5. The smallest absolute Gasteiger partial charge is 0.324 e. The maximum Gasteiger partial charge on any atom is 0.365 e. The van der Waals surface area contributed by atoms with E-state index in [9.17, 15) is 9.59 Å². The standard InChI is InChI=1S/C21H22N4O2/c1-4-19(20(26)23-17-12-8-9-14(2)15(17)3)25-21(27)24-18(13-22-25)16-10-6-5-7-11-16/h5-13,19H,4H2,1-3H3,(H,23,26). The normalized spacial score (nSPS) is 11.8. The van der Waals surface area contributed by atoms with Crippen LogP contribution in [0.15, 0.2) is 59.5 Å². The molecule has 1 heterocycles. The van der Waals surface area contributed by atoms with Crippen LogP contribution in [-0.4, -0.2) is 20.7 Å². The lowest BCUT2D eigenvalue weighted by Crippen LogP contribution is -2.36.